The molecule has 1 atom stereocenters. The topological polar surface area (TPSA) is 96.0 Å². The molecule has 214 valence electrons. The maximum atomic E-state index is 13.9. The lowest BCUT2D eigenvalue weighted by atomic mass is 10.1. The van der Waals surface area contributed by atoms with E-state index in [0.29, 0.717) is 26.4 Å². The Morgan fingerprint density at radius 2 is 1.50 bits per heavy atom. The van der Waals surface area contributed by atoms with Gasteiger partial charge in [0, 0.05) is 27.7 Å². The quantitative estimate of drug-likeness (QED) is 0.291. The average Bonchev–Trinajstić information content (AvgIpc) is 2.91. The van der Waals surface area contributed by atoms with Crippen LogP contribution in [0.1, 0.15) is 26.3 Å². The van der Waals surface area contributed by atoms with E-state index in [1.54, 1.807) is 32.9 Å². The number of ether oxygens (including phenoxy) is 1. The molecule has 0 saturated carbocycles. The SMILES string of the molecule is COc1ccc(S(=O)(=O)N(CC(=O)N(Cc2ccc(Cl)cc2Cl)C(C)C(=O)NC(C)C)c2ccc(Cl)cc2)cc1. The standard InChI is InChI=1S/C28H30Cl3N3O5S/c1-18(2)32-28(36)19(3)33(16-20-5-6-22(30)15-26(20)31)27(35)17-34(23-9-7-21(29)8-10-23)40(37,38)25-13-11-24(39-4)12-14-25/h5-15,18-19H,16-17H2,1-4H3,(H,32,36). The second kappa shape index (κ2) is 13.6. The van der Waals surface area contributed by atoms with Gasteiger partial charge < -0.3 is 15.0 Å². The highest BCUT2D eigenvalue weighted by molar-refractivity contribution is 7.92. The van der Waals surface area contributed by atoms with E-state index in [1.165, 1.54) is 66.6 Å². The smallest absolute Gasteiger partial charge is 0.264 e. The van der Waals surface area contributed by atoms with Crippen LogP contribution in [0.4, 0.5) is 5.69 Å². The van der Waals surface area contributed by atoms with Gasteiger partial charge in [0.15, 0.2) is 0 Å². The van der Waals surface area contributed by atoms with Crippen LogP contribution in [0.5, 0.6) is 5.75 Å². The minimum Gasteiger partial charge on any atom is -0.497 e. The Morgan fingerprint density at radius 1 is 0.900 bits per heavy atom. The second-order valence-electron chi connectivity index (χ2n) is 9.26. The van der Waals surface area contributed by atoms with E-state index in [1.807, 2.05) is 0 Å². The zero-order chi connectivity index (χ0) is 29.6. The fraction of sp³-hybridized carbons (Fsp3) is 0.286. The first-order valence-corrected chi connectivity index (χ1v) is 14.9. The molecule has 0 radical (unpaired) electrons. The van der Waals surface area contributed by atoms with Crippen LogP contribution in [-0.2, 0) is 26.2 Å². The summed E-state index contributed by atoms with van der Waals surface area (Å²) in [6.45, 7) is 4.52. The fourth-order valence-corrected chi connectivity index (χ4v) is 5.84. The minimum absolute atomic E-state index is 0.0473. The molecule has 2 amide bonds. The van der Waals surface area contributed by atoms with E-state index in [0.717, 1.165) is 4.31 Å². The highest BCUT2D eigenvalue weighted by atomic mass is 35.5. The molecule has 0 fully saturated rings. The number of hydrogen-bond donors (Lipinski definition) is 1. The summed E-state index contributed by atoms with van der Waals surface area (Å²) in [5.74, 6) is -0.543. The molecule has 3 aromatic carbocycles. The molecule has 0 aliphatic carbocycles. The summed E-state index contributed by atoms with van der Waals surface area (Å²) in [5, 5.41) is 3.92. The summed E-state index contributed by atoms with van der Waals surface area (Å²) in [6, 6.07) is 15.6. The molecule has 12 heteroatoms. The number of carbonyl (C=O) groups is 2. The third-order valence-electron chi connectivity index (χ3n) is 5.99. The predicted octanol–water partition coefficient (Wildman–Crippen LogP) is 5.79. The highest BCUT2D eigenvalue weighted by Gasteiger charge is 2.33. The van der Waals surface area contributed by atoms with Crippen LogP contribution in [0.3, 0.4) is 0 Å². The molecule has 1 N–H and O–H groups in total. The van der Waals surface area contributed by atoms with Crippen LogP contribution >= 0.6 is 34.8 Å². The number of sulfonamides is 1. The van der Waals surface area contributed by atoms with Crippen LogP contribution < -0.4 is 14.4 Å². The molecular weight excluding hydrogens is 597 g/mol. The fourth-order valence-electron chi connectivity index (χ4n) is 3.83. The zero-order valence-corrected chi connectivity index (χ0v) is 25.5. The third kappa shape index (κ3) is 7.81. The molecule has 0 aromatic heterocycles. The van der Waals surface area contributed by atoms with E-state index in [4.69, 9.17) is 39.5 Å². The van der Waals surface area contributed by atoms with Crippen LogP contribution in [0.25, 0.3) is 0 Å². The Morgan fingerprint density at radius 3 is 2.05 bits per heavy atom. The summed E-state index contributed by atoms with van der Waals surface area (Å²) in [7, 11) is -2.76. The van der Waals surface area contributed by atoms with E-state index in [2.05, 4.69) is 5.32 Å². The molecule has 3 rings (SSSR count). The normalized spacial score (nSPS) is 12.1. The molecule has 0 saturated heterocycles. The van der Waals surface area contributed by atoms with Gasteiger partial charge in [0.2, 0.25) is 11.8 Å². The number of nitrogens with zero attached hydrogens (tertiary/aromatic N) is 2. The number of halogens is 3. The molecule has 40 heavy (non-hydrogen) atoms. The lowest BCUT2D eigenvalue weighted by Gasteiger charge is -2.32. The van der Waals surface area contributed by atoms with Gasteiger partial charge >= 0.3 is 0 Å². The van der Waals surface area contributed by atoms with Gasteiger partial charge in [0.05, 0.1) is 17.7 Å². The van der Waals surface area contributed by atoms with Crippen molar-refractivity contribution in [2.24, 2.45) is 0 Å². The number of carbonyl (C=O) groups excluding carboxylic acids is 2. The van der Waals surface area contributed by atoms with Crippen molar-refractivity contribution in [3.8, 4) is 5.75 Å². The third-order valence-corrected chi connectivity index (χ3v) is 8.62. The maximum Gasteiger partial charge on any atom is 0.264 e. The summed E-state index contributed by atoms with van der Waals surface area (Å²) < 4.78 is 33.8. The largest absolute Gasteiger partial charge is 0.497 e. The van der Waals surface area contributed by atoms with Crippen LogP contribution in [0.15, 0.2) is 71.6 Å². The number of rotatable bonds is 11. The van der Waals surface area contributed by atoms with Crippen molar-refractivity contribution < 1.29 is 22.7 Å². The molecule has 0 aliphatic heterocycles. The Kier molecular flexibility index (Phi) is 10.7. The van der Waals surface area contributed by atoms with Gasteiger partial charge in [-0.25, -0.2) is 8.42 Å². The molecule has 0 aliphatic rings. The summed E-state index contributed by atoms with van der Waals surface area (Å²) in [6.07, 6.45) is 0. The molecular formula is C28H30Cl3N3O5S. The van der Waals surface area contributed by atoms with Crippen LogP contribution in [0.2, 0.25) is 15.1 Å². The number of anilines is 1. The van der Waals surface area contributed by atoms with E-state index < -0.39 is 34.4 Å². The zero-order valence-electron chi connectivity index (χ0n) is 22.4. The molecule has 3 aromatic rings. The highest BCUT2D eigenvalue weighted by Crippen LogP contribution is 2.28. The van der Waals surface area contributed by atoms with Gasteiger partial charge in [-0.1, -0.05) is 40.9 Å². The van der Waals surface area contributed by atoms with Crippen molar-refractivity contribution in [1.29, 1.82) is 0 Å². The van der Waals surface area contributed by atoms with Gasteiger partial charge in [0.25, 0.3) is 10.0 Å². The maximum absolute atomic E-state index is 13.9. The molecule has 0 bridgehead atoms. The number of amides is 2. The summed E-state index contributed by atoms with van der Waals surface area (Å²) >= 11 is 18.5. The van der Waals surface area contributed by atoms with Crippen molar-refractivity contribution in [2.75, 3.05) is 18.0 Å². The van der Waals surface area contributed by atoms with Gasteiger partial charge in [0.1, 0.15) is 18.3 Å². The van der Waals surface area contributed by atoms with Gasteiger partial charge in [-0.15, -0.1) is 0 Å². The first-order chi connectivity index (χ1) is 18.8. The van der Waals surface area contributed by atoms with Crippen molar-refractivity contribution >= 4 is 62.3 Å². The average molecular weight is 627 g/mol. The molecule has 8 nitrogen and oxygen atoms in total. The van der Waals surface area contributed by atoms with E-state index in [-0.39, 0.29) is 23.2 Å². The summed E-state index contributed by atoms with van der Waals surface area (Å²) in [5.41, 5.74) is 0.761. The Hall–Kier alpha value is -2.98. The summed E-state index contributed by atoms with van der Waals surface area (Å²) in [4.78, 5) is 28.1. The Labute approximate surface area is 249 Å². The second-order valence-corrected chi connectivity index (χ2v) is 12.4. The predicted molar refractivity (Wildman–Crippen MR) is 159 cm³/mol. The Bertz CT molecular complexity index is 1450. The lowest BCUT2D eigenvalue weighted by molar-refractivity contribution is -0.139. The van der Waals surface area contributed by atoms with Crippen molar-refractivity contribution in [2.45, 2.75) is 44.3 Å². The molecule has 1 unspecified atom stereocenters. The van der Waals surface area contributed by atoms with Crippen LogP contribution in [0, 0.1) is 0 Å². The van der Waals surface area contributed by atoms with Crippen molar-refractivity contribution in [1.82, 2.24) is 10.2 Å². The van der Waals surface area contributed by atoms with E-state index >= 15 is 0 Å². The van der Waals surface area contributed by atoms with E-state index in [9.17, 15) is 18.0 Å². The van der Waals surface area contributed by atoms with Crippen molar-refractivity contribution in [3.63, 3.8) is 0 Å². The number of benzene rings is 3. The molecule has 0 heterocycles. The minimum atomic E-state index is -4.23. The molecule has 0 spiro atoms. The monoisotopic (exact) mass is 625 g/mol. The van der Waals surface area contributed by atoms with Gasteiger partial charge in [-0.3, -0.25) is 13.9 Å². The first-order valence-electron chi connectivity index (χ1n) is 12.3. The number of hydrogen-bond acceptors (Lipinski definition) is 5. The van der Waals surface area contributed by atoms with Crippen molar-refractivity contribution in [3.05, 3.63) is 87.4 Å². The van der Waals surface area contributed by atoms with Crippen LogP contribution in [-0.4, -0.2) is 50.9 Å². The lowest BCUT2D eigenvalue weighted by Crippen LogP contribution is -2.52. The Balaban J connectivity index is 2.05. The number of methoxy groups -OCH3 is 1. The number of nitrogens with one attached hydrogen (secondary N) is 1. The van der Waals surface area contributed by atoms with Gasteiger partial charge in [-0.05, 0) is 87.0 Å². The first kappa shape index (κ1) is 31.5. The van der Waals surface area contributed by atoms with Gasteiger partial charge in [-0.2, -0.15) is 0 Å².